The van der Waals surface area contributed by atoms with Crippen LogP contribution >= 0.6 is 0 Å². The first-order chi connectivity index (χ1) is 13.3. The molecule has 0 aliphatic heterocycles. The molecule has 0 heterocycles. The highest BCUT2D eigenvalue weighted by Crippen LogP contribution is 2.36. The molecule has 3 nitrogen and oxygen atoms in total. The Labute approximate surface area is 170 Å². The van der Waals surface area contributed by atoms with Crippen LogP contribution in [-0.2, 0) is 14.0 Å². The van der Waals surface area contributed by atoms with Crippen LogP contribution in [0.15, 0.2) is 72.8 Å². The average Bonchev–Trinajstić information content (AvgIpc) is 2.68. The van der Waals surface area contributed by atoms with Gasteiger partial charge in [0.25, 0.3) is 8.32 Å². The van der Waals surface area contributed by atoms with E-state index in [1.165, 1.54) is 10.4 Å². The van der Waals surface area contributed by atoms with Crippen molar-refractivity contribution in [3.05, 3.63) is 72.8 Å². The molecule has 0 unspecified atom stereocenters. The maximum absolute atomic E-state index is 11.4. The molecule has 0 radical (unpaired) electrons. The molecule has 0 aliphatic carbocycles. The van der Waals surface area contributed by atoms with E-state index in [-0.39, 0.29) is 17.1 Å². The molecule has 1 atom stereocenters. The molecular formula is C24H32O3Si. The molecule has 0 saturated carbocycles. The molecule has 0 amide bonds. The van der Waals surface area contributed by atoms with Crippen molar-refractivity contribution in [2.24, 2.45) is 0 Å². The summed E-state index contributed by atoms with van der Waals surface area (Å²) in [5.74, 6) is -0.190. The number of carbonyl (C=O) groups is 1. The Morgan fingerprint density at radius 1 is 1.00 bits per heavy atom. The van der Waals surface area contributed by atoms with Crippen LogP contribution in [0.2, 0.25) is 5.04 Å². The molecule has 28 heavy (non-hydrogen) atoms. The van der Waals surface area contributed by atoms with Gasteiger partial charge in [-0.1, -0.05) is 94.4 Å². The number of carbonyl (C=O) groups excluding carboxylic acids is 1. The Morgan fingerprint density at radius 2 is 1.50 bits per heavy atom. The lowest BCUT2D eigenvalue weighted by atomic mass is 10.2. The fourth-order valence-electron chi connectivity index (χ4n) is 3.51. The van der Waals surface area contributed by atoms with Gasteiger partial charge in [-0.25, -0.2) is 0 Å². The molecule has 0 aliphatic rings. The van der Waals surface area contributed by atoms with Gasteiger partial charge in [-0.2, -0.15) is 0 Å². The molecule has 2 aromatic carbocycles. The van der Waals surface area contributed by atoms with Crippen molar-refractivity contribution in [3.8, 4) is 0 Å². The van der Waals surface area contributed by atoms with E-state index in [0.717, 1.165) is 0 Å². The normalized spacial score (nSPS) is 13.5. The predicted octanol–water partition coefficient (Wildman–Crippen LogP) is 4.46. The number of hydrogen-bond donors (Lipinski definition) is 0. The third-order valence-electron chi connectivity index (χ3n) is 4.83. The van der Waals surface area contributed by atoms with Gasteiger partial charge in [0.2, 0.25) is 0 Å². The monoisotopic (exact) mass is 396 g/mol. The number of hydrogen-bond acceptors (Lipinski definition) is 3. The van der Waals surface area contributed by atoms with Gasteiger partial charge in [0, 0.05) is 6.42 Å². The quantitative estimate of drug-likeness (QED) is 0.375. The van der Waals surface area contributed by atoms with Crippen molar-refractivity contribution >= 4 is 24.7 Å². The number of ether oxygens (including phenoxy) is 1. The molecule has 2 aromatic rings. The zero-order chi connectivity index (χ0) is 20.6. The van der Waals surface area contributed by atoms with Crippen LogP contribution in [0.4, 0.5) is 0 Å². The van der Waals surface area contributed by atoms with E-state index in [9.17, 15) is 4.79 Å². The van der Waals surface area contributed by atoms with Crippen molar-refractivity contribution in [2.75, 3.05) is 6.61 Å². The van der Waals surface area contributed by atoms with E-state index in [0.29, 0.717) is 13.0 Å². The van der Waals surface area contributed by atoms with Crippen LogP contribution in [0.5, 0.6) is 0 Å². The number of benzene rings is 2. The molecule has 4 heteroatoms. The first-order valence-electron chi connectivity index (χ1n) is 9.92. The highest BCUT2D eigenvalue weighted by Gasteiger charge is 2.49. The second-order valence-electron chi connectivity index (χ2n) is 7.95. The van der Waals surface area contributed by atoms with Gasteiger partial charge < -0.3 is 9.16 Å². The molecule has 0 aromatic heterocycles. The topological polar surface area (TPSA) is 35.5 Å². The van der Waals surface area contributed by atoms with E-state index in [1.807, 2.05) is 31.2 Å². The number of esters is 1. The summed E-state index contributed by atoms with van der Waals surface area (Å²) in [6.45, 7) is 10.9. The minimum absolute atomic E-state index is 0.0517. The molecular weight excluding hydrogens is 364 g/mol. The summed E-state index contributed by atoms with van der Waals surface area (Å²) in [6, 6.07) is 21.1. The van der Waals surface area contributed by atoms with Gasteiger partial charge in [0.1, 0.15) is 6.10 Å². The summed E-state index contributed by atoms with van der Waals surface area (Å²) in [6.07, 6.45) is 3.99. The molecule has 0 saturated heterocycles. The smallest absolute Gasteiger partial charge is 0.306 e. The van der Waals surface area contributed by atoms with Gasteiger partial charge >= 0.3 is 5.97 Å². The first-order valence-corrected chi connectivity index (χ1v) is 11.8. The molecule has 0 N–H and O–H groups in total. The third-order valence-corrected chi connectivity index (χ3v) is 9.83. The Balaban J connectivity index is 2.33. The third kappa shape index (κ3) is 5.21. The van der Waals surface area contributed by atoms with Crippen LogP contribution < -0.4 is 10.4 Å². The summed E-state index contributed by atoms with van der Waals surface area (Å²) in [4.78, 5) is 11.4. The molecule has 2 rings (SSSR count). The predicted molar refractivity (Wildman–Crippen MR) is 119 cm³/mol. The second-order valence-corrected chi connectivity index (χ2v) is 12.3. The Kier molecular flexibility index (Phi) is 7.78. The Hall–Kier alpha value is -2.17. The maximum atomic E-state index is 11.4. The zero-order valence-electron chi connectivity index (χ0n) is 17.6. The van der Waals surface area contributed by atoms with Gasteiger partial charge in [0.05, 0.1) is 6.61 Å². The lowest BCUT2D eigenvalue weighted by molar-refractivity contribution is -0.145. The van der Waals surface area contributed by atoms with Crippen LogP contribution in [0.25, 0.3) is 0 Å². The van der Waals surface area contributed by atoms with Crippen molar-refractivity contribution in [2.45, 2.75) is 52.2 Å². The van der Waals surface area contributed by atoms with E-state index in [1.54, 1.807) is 6.92 Å². The van der Waals surface area contributed by atoms with Crippen LogP contribution in [0.1, 0.15) is 41.0 Å². The summed E-state index contributed by atoms with van der Waals surface area (Å²) in [5, 5.41) is 2.46. The summed E-state index contributed by atoms with van der Waals surface area (Å²) < 4.78 is 12.1. The van der Waals surface area contributed by atoms with E-state index in [2.05, 4.69) is 69.3 Å². The van der Waals surface area contributed by atoms with Crippen LogP contribution in [0, 0.1) is 0 Å². The summed E-state index contributed by atoms with van der Waals surface area (Å²) in [7, 11) is -2.52. The lowest BCUT2D eigenvalue weighted by Gasteiger charge is -2.42. The van der Waals surface area contributed by atoms with Crippen LogP contribution in [0.3, 0.4) is 0 Å². The summed E-state index contributed by atoms with van der Waals surface area (Å²) in [5.41, 5.74) is 0. The van der Waals surface area contributed by atoms with Gasteiger partial charge in [-0.15, -0.1) is 0 Å². The van der Waals surface area contributed by atoms with Crippen molar-refractivity contribution < 1.29 is 14.0 Å². The highest BCUT2D eigenvalue weighted by molar-refractivity contribution is 6.99. The maximum Gasteiger partial charge on any atom is 0.306 e. The molecule has 0 fully saturated rings. The minimum Gasteiger partial charge on any atom is -0.458 e. The fraction of sp³-hybridized carbons (Fsp3) is 0.375. The zero-order valence-corrected chi connectivity index (χ0v) is 18.6. The summed E-state index contributed by atoms with van der Waals surface area (Å²) >= 11 is 0. The van der Waals surface area contributed by atoms with E-state index >= 15 is 0 Å². The van der Waals surface area contributed by atoms with E-state index < -0.39 is 8.32 Å². The average molecular weight is 397 g/mol. The second kappa shape index (κ2) is 9.85. The standard InChI is InChI=1S/C24H32O3Si/c1-6-23(25)27-20(2)14-13-19-26-28(24(3,4)5,21-15-9-7-10-16-21)22-17-11-8-12-18-22/h7-18,20H,6,19H2,1-5H3/b14-13+/t20-/m1/s1. The van der Waals surface area contributed by atoms with Crippen molar-refractivity contribution in [3.63, 3.8) is 0 Å². The molecule has 0 bridgehead atoms. The Bertz CT molecular complexity index is 724. The highest BCUT2D eigenvalue weighted by atomic mass is 28.4. The van der Waals surface area contributed by atoms with Crippen molar-refractivity contribution in [1.29, 1.82) is 0 Å². The van der Waals surface area contributed by atoms with Crippen molar-refractivity contribution in [1.82, 2.24) is 0 Å². The molecule has 0 spiro atoms. The van der Waals surface area contributed by atoms with Gasteiger partial charge in [-0.3, -0.25) is 4.79 Å². The Morgan fingerprint density at radius 3 is 1.93 bits per heavy atom. The van der Waals surface area contributed by atoms with Gasteiger partial charge in [-0.05, 0) is 28.4 Å². The van der Waals surface area contributed by atoms with Crippen LogP contribution in [-0.4, -0.2) is 27.0 Å². The fourth-order valence-corrected chi connectivity index (χ4v) is 8.01. The number of rotatable bonds is 8. The minimum atomic E-state index is -2.52. The molecule has 150 valence electrons. The largest absolute Gasteiger partial charge is 0.458 e. The lowest BCUT2D eigenvalue weighted by Crippen LogP contribution is -2.66. The van der Waals surface area contributed by atoms with Gasteiger partial charge in [0.15, 0.2) is 0 Å². The SMILES string of the molecule is CCC(=O)O[C@H](C)/C=C/CO[Si](c1ccccc1)(c1ccccc1)C(C)(C)C. The van der Waals surface area contributed by atoms with E-state index in [4.69, 9.17) is 9.16 Å². The first kappa shape index (κ1) is 22.1.